The molecule has 0 heterocycles. The summed E-state index contributed by atoms with van der Waals surface area (Å²) in [6.45, 7) is 8.94. The quantitative estimate of drug-likeness (QED) is 0.777. The van der Waals surface area contributed by atoms with Crippen LogP contribution in [0.15, 0.2) is 0 Å². The molecule has 0 spiro atoms. The Bertz CT molecular complexity index is 268. The van der Waals surface area contributed by atoms with Crippen LogP contribution in [0.3, 0.4) is 0 Å². The number of rotatable bonds is 6. The SMILES string of the molecule is CCC(CC)[C@H]1CC2C[C@H](C(CC)CC)C(O)C2C1O. The lowest BCUT2D eigenvalue weighted by atomic mass is 9.78. The molecule has 0 aromatic carbocycles. The highest BCUT2D eigenvalue weighted by atomic mass is 16.3. The van der Waals surface area contributed by atoms with E-state index in [4.69, 9.17) is 0 Å². The van der Waals surface area contributed by atoms with Crippen molar-refractivity contribution in [1.82, 2.24) is 0 Å². The van der Waals surface area contributed by atoms with Crippen LogP contribution in [0.4, 0.5) is 0 Å². The minimum atomic E-state index is -0.265. The standard InChI is InChI=1S/C18H34O2/c1-5-11(6-2)14-9-13-10-15(12(7-3)8-4)18(20)16(13)17(14)19/h11-20H,5-10H2,1-4H3/t13?,14-,15-,16?,17?,18?/m1/s1. The lowest BCUT2D eigenvalue weighted by molar-refractivity contribution is -0.0175. The van der Waals surface area contributed by atoms with Crippen LogP contribution in [0.25, 0.3) is 0 Å². The molecule has 0 aromatic heterocycles. The van der Waals surface area contributed by atoms with Crippen molar-refractivity contribution in [1.29, 1.82) is 0 Å². The molecule has 2 heteroatoms. The molecule has 2 nitrogen and oxygen atoms in total. The lowest BCUT2D eigenvalue weighted by Crippen LogP contribution is -2.36. The van der Waals surface area contributed by atoms with Gasteiger partial charge in [0.15, 0.2) is 0 Å². The second-order valence-corrected chi connectivity index (χ2v) is 7.27. The number of aliphatic hydroxyl groups is 2. The summed E-state index contributed by atoms with van der Waals surface area (Å²) in [6, 6.07) is 0. The average Bonchev–Trinajstić information content (AvgIpc) is 2.93. The van der Waals surface area contributed by atoms with Crippen molar-refractivity contribution in [2.45, 2.75) is 78.4 Å². The number of fused-ring (bicyclic) bond motifs is 1. The van der Waals surface area contributed by atoms with Gasteiger partial charge in [0.05, 0.1) is 12.2 Å². The highest BCUT2D eigenvalue weighted by molar-refractivity contribution is 5.04. The Kier molecular flexibility index (Phi) is 5.53. The maximum atomic E-state index is 10.7. The summed E-state index contributed by atoms with van der Waals surface area (Å²) in [5.74, 6) is 2.85. The number of hydrogen-bond donors (Lipinski definition) is 2. The van der Waals surface area contributed by atoms with E-state index in [0.717, 1.165) is 38.5 Å². The summed E-state index contributed by atoms with van der Waals surface area (Å²) in [5, 5.41) is 21.5. The third-order valence-electron chi connectivity index (χ3n) is 6.67. The molecule has 2 aliphatic rings. The van der Waals surface area contributed by atoms with E-state index < -0.39 is 0 Å². The monoisotopic (exact) mass is 282 g/mol. The van der Waals surface area contributed by atoms with Crippen LogP contribution in [0.1, 0.15) is 66.2 Å². The van der Waals surface area contributed by atoms with E-state index in [1.54, 1.807) is 0 Å². The molecule has 2 rings (SSSR count). The molecule has 118 valence electrons. The Balaban J connectivity index is 2.07. The Morgan fingerprint density at radius 2 is 1.10 bits per heavy atom. The predicted octanol–water partition coefficient (Wildman–Crippen LogP) is 3.85. The summed E-state index contributed by atoms with van der Waals surface area (Å²) in [5.41, 5.74) is 0. The van der Waals surface area contributed by atoms with Crippen LogP contribution >= 0.6 is 0 Å². The van der Waals surface area contributed by atoms with Crippen molar-refractivity contribution in [3.8, 4) is 0 Å². The van der Waals surface area contributed by atoms with Crippen LogP contribution in [-0.4, -0.2) is 22.4 Å². The molecule has 2 unspecified atom stereocenters. The molecule has 2 aliphatic carbocycles. The van der Waals surface area contributed by atoms with Gasteiger partial charge in [-0.3, -0.25) is 0 Å². The van der Waals surface area contributed by atoms with E-state index in [2.05, 4.69) is 27.7 Å². The molecule has 4 atom stereocenters. The molecule has 0 bridgehead atoms. The van der Waals surface area contributed by atoms with Crippen molar-refractivity contribution < 1.29 is 10.2 Å². The predicted molar refractivity (Wildman–Crippen MR) is 83.4 cm³/mol. The smallest absolute Gasteiger partial charge is 0.0626 e. The van der Waals surface area contributed by atoms with E-state index in [-0.39, 0.29) is 18.1 Å². The van der Waals surface area contributed by atoms with E-state index in [1.165, 1.54) is 0 Å². The van der Waals surface area contributed by atoms with Gasteiger partial charge in [-0.25, -0.2) is 0 Å². The maximum absolute atomic E-state index is 10.7. The highest BCUT2D eigenvalue weighted by Gasteiger charge is 2.54. The first-order valence-electron chi connectivity index (χ1n) is 8.94. The molecule has 0 saturated heterocycles. The fourth-order valence-corrected chi connectivity index (χ4v) is 5.45. The van der Waals surface area contributed by atoms with E-state index in [9.17, 15) is 10.2 Å². The first-order chi connectivity index (χ1) is 9.58. The summed E-state index contributed by atoms with van der Waals surface area (Å²) in [7, 11) is 0. The van der Waals surface area contributed by atoms with Gasteiger partial charge in [0.2, 0.25) is 0 Å². The van der Waals surface area contributed by atoms with Gasteiger partial charge in [0.1, 0.15) is 0 Å². The van der Waals surface area contributed by atoms with Gasteiger partial charge >= 0.3 is 0 Å². The third kappa shape index (κ3) is 2.66. The molecule has 0 aliphatic heterocycles. The lowest BCUT2D eigenvalue weighted by Gasteiger charge is -2.31. The molecule has 2 saturated carbocycles. The van der Waals surface area contributed by atoms with E-state index >= 15 is 0 Å². The fraction of sp³-hybridized carbons (Fsp3) is 1.00. The van der Waals surface area contributed by atoms with Gasteiger partial charge in [-0.05, 0) is 42.4 Å². The molecule has 2 N–H and O–H groups in total. The van der Waals surface area contributed by atoms with Gasteiger partial charge in [-0.2, -0.15) is 0 Å². The van der Waals surface area contributed by atoms with Gasteiger partial charge in [-0.1, -0.05) is 53.4 Å². The topological polar surface area (TPSA) is 40.5 Å². The second kappa shape index (κ2) is 6.79. The Morgan fingerprint density at radius 1 is 0.750 bits per heavy atom. The highest BCUT2D eigenvalue weighted by Crippen LogP contribution is 2.54. The zero-order valence-corrected chi connectivity index (χ0v) is 13.8. The molecule has 20 heavy (non-hydrogen) atoms. The minimum absolute atomic E-state index is 0.159. The van der Waals surface area contributed by atoms with Crippen molar-refractivity contribution >= 4 is 0 Å². The zero-order chi connectivity index (χ0) is 14.9. The molecule has 2 fully saturated rings. The van der Waals surface area contributed by atoms with Crippen molar-refractivity contribution in [2.24, 2.45) is 35.5 Å². The second-order valence-electron chi connectivity index (χ2n) is 7.27. The largest absolute Gasteiger partial charge is 0.392 e. The average molecular weight is 282 g/mol. The van der Waals surface area contributed by atoms with Gasteiger partial charge in [-0.15, -0.1) is 0 Å². The van der Waals surface area contributed by atoms with E-state index in [0.29, 0.717) is 29.6 Å². The van der Waals surface area contributed by atoms with Crippen molar-refractivity contribution in [3.05, 3.63) is 0 Å². The Hall–Kier alpha value is -0.0800. The van der Waals surface area contributed by atoms with Crippen LogP contribution in [-0.2, 0) is 0 Å². The first-order valence-corrected chi connectivity index (χ1v) is 8.94. The van der Waals surface area contributed by atoms with Crippen molar-refractivity contribution in [2.75, 3.05) is 0 Å². The molecule has 0 amide bonds. The van der Waals surface area contributed by atoms with Crippen LogP contribution in [0.5, 0.6) is 0 Å². The summed E-state index contributed by atoms with van der Waals surface area (Å²) >= 11 is 0. The normalized spacial score (nSPS) is 40.8. The zero-order valence-electron chi connectivity index (χ0n) is 13.8. The Labute approximate surface area is 125 Å². The van der Waals surface area contributed by atoms with Crippen molar-refractivity contribution in [3.63, 3.8) is 0 Å². The van der Waals surface area contributed by atoms with Crippen LogP contribution < -0.4 is 0 Å². The maximum Gasteiger partial charge on any atom is 0.0626 e. The van der Waals surface area contributed by atoms with Gasteiger partial charge in [0.25, 0.3) is 0 Å². The minimum Gasteiger partial charge on any atom is -0.392 e. The fourth-order valence-electron chi connectivity index (χ4n) is 5.45. The van der Waals surface area contributed by atoms with Crippen LogP contribution in [0.2, 0.25) is 0 Å². The molecular weight excluding hydrogens is 248 g/mol. The molecular formula is C18H34O2. The summed E-state index contributed by atoms with van der Waals surface area (Å²) < 4.78 is 0. The van der Waals surface area contributed by atoms with Gasteiger partial charge < -0.3 is 10.2 Å². The molecule has 0 radical (unpaired) electrons. The third-order valence-corrected chi connectivity index (χ3v) is 6.67. The number of aliphatic hydroxyl groups excluding tert-OH is 2. The Morgan fingerprint density at radius 3 is 1.35 bits per heavy atom. The number of hydrogen-bond acceptors (Lipinski definition) is 2. The first kappa shape index (κ1) is 16.3. The van der Waals surface area contributed by atoms with Gasteiger partial charge in [0, 0.05) is 5.92 Å². The summed E-state index contributed by atoms with van der Waals surface area (Å²) in [6.07, 6.45) is 6.39. The summed E-state index contributed by atoms with van der Waals surface area (Å²) in [4.78, 5) is 0. The van der Waals surface area contributed by atoms with E-state index in [1.807, 2.05) is 0 Å². The molecule has 0 aromatic rings. The van der Waals surface area contributed by atoms with Crippen LogP contribution in [0, 0.1) is 35.5 Å².